The van der Waals surface area contributed by atoms with Gasteiger partial charge in [-0.3, -0.25) is 0 Å². The van der Waals surface area contributed by atoms with E-state index in [0.717, 1.165) is 6.42 Å². The van der Waals surface area contributed by atoms with Crippen molar-refractivity contribution in [3.05, 3.63) is 65.9 Å². The Morgan fingerprint density at radius 2 is 1.81 bits per heavy atom. The highest BCUT2D eigenvalue weighted by Gasteiger charge is 2.25. The van der Waals surface area contributed by atoms with Gasteiger partial charge in [0.25, 0.3) is 0 Å². The van der Waals surface area contributed by atoms with Gasteiger partial charge >= 0.3 is 0 Å². The lowest BCUT2D eigenvalue weighted by Crippen LogP contribution is -2.19. The maximum atomic E-state index is 2.58. The minimum absolute atomic E-state index is 0.433. The predicted molar refractivity (Wildman–Crippen MR) is 90.3 cm³/mol. The molecule has 1 heteroatoms. The molecular weight excluding hydrogens is 254 g/mol. The summed E-state index contributed by atoms with van der Waals surface area (Å²) in [5, 5.41) is 1.39. The second-order valence-electron chi connectivity index (χ2n) is 6.41. The minimum Gasteiger partial charge on any atom is -0.336 e. The summed E-state index contributed by atoms with van der Waals surface area (Å²) in [7, 11) is 0. The Morgan fingerprint density at radius 3 is 2.67 bits per heavy atom. The predicted octanol–water partition coefficient (Wildman–Crippen LogP) is 5.15. The number of aromatic nitrogens is 1. The molecule has 0 spiro atoms. The highest BCUT2D eigenvalue weighted by atomic mass is 15.0. The second kappa shape index (κ2) is 4.77. The van der Waals surface area contributed by atoms with Crippen molar-refractivity contribution in [2.45, 2.75) is 26.3 Å². The average Bonchev–Trinajstić information content (AvgIpc) is 2.81. The van der Waals surface area contributed by atoms with Crippen LogP contribution in [0.25, 0.3) is 17.0 Å². The standard InChI is InChI=1S/C20H21N/c1-14-11-12-17-16-8-4-6-10-19(16)21(20(17)13-14)18-9-5-3-7-15(18)2/h3-12,14-15,18H,13H2,1-2H3. The molecule has 0 radical (unpaired) electrons. The summed E-state index contributed by atoms with van der Waals surface area (Å²) in [5.41, 5.74) is 4.31. The number of para-hydroxylation sites is 1. The van der Waals surface area contributed by atoms with Crippen molar-refractivity contribution < 1.29 is 0 Å². The highest BCUT2D eigenvalue weighted by molar-refractivity contribution is 5.92. The summed E-state index contributed by atoms with van der Waals surface area (Å²) in [6.07, 6.45) is 14.8. The normalized spacial score (nSPS) is 27.2. The Labute approximate surface area is 126 Å². The molecule has 2 aliphatic rings. The first kappa shape index (κ1) is 12.7. The molecule has 2 aromatic rings. The van der Waals surface area contributed by atoms with Gasteiger partial charge in [-0.1, -0.05) is 68.5 Å². The SMILES string of the molecule is CC1C=Cc2c(n(C3C=CC=CC3C)c3ccccc23)C1. The molecule has 0 N–H and O–H groups in total. The monoisotopic (exact) mass is 275 g/mol. The maximum absolute atomic E-state index is 2.58. The number of rotatable bonds is 1. The topological polar surface area (TPSA) is 4.93 Å². The van der Waals surface area contributed by atoms with Gasteiger partial charge in [0.1, 0.15) is 0 Å². The minimum atomic E-state index is 0.433. The summed E-state index contributed by atoms with van der Waals surface area (Å²) in [6, 6.07) is 9.27. The Balaban J connectivity index is 2.00. The Bertz CT molecular complexity index is 772. The van der Waals surface area contributed by atoms with E-state index in [1.165, 1.54) is 22.2 Å². The van der Waals surface area contributed by atoms with Gasteiger partial charge in [0, 0.05) is 22.2 Å². The van der Waals surface area contributed by atoms with Gasteiger partial charge in [-0.15, -0.1) is 0 Å². The van der Waals surface area contributed by atoms with E-state index in [1.54, 1.807) is 0 Å². The number of hydrogen-bond acceptors (Lipinski definition) is 0. The molecule has 21 heavy (non-hydrogen) atoms. The molecule has 0 fully saturated rings. The highest BCUT2D eigenvalue weighted by Crippen LogP contribution is 2.38. The molecule has 3 unspecified atom stereocenters. The number of fused-ring (bicyclic) bond motifs is 3. The van der Waals surface area contributed by atoms with Gasteiger partial charge in [0.2, 0.25) is 0 Å². The lowest BCUT2D eigenvalue weighted by molar-refractivity contribution is 0.477. The fraction of sp³-hybridized carbons (Fsp3) is 0.300. The molecule has 106 valence electrons. The molecule has 1 heterocycles. The molecule has 1 nitrogen and oxygen atoms in total. The molecule has 0 aliphatic heterocycles. The second-order valence-corrected chi connectivity index (χ2v) is 6.41. The van der Waals surface area contributed by atoms with Crippen LogP contribution in [0.15, 0.2) is 54.6 Å². The van der Waals surface area contributed by atoms with Crippen molar-refractivity contribution >= 4 is 17.0 Å². The quantitative estimate of drug-likeness (QED) is 0.678. The third kappa shape index (κ3) is 1.91. The average molecular weight is 275 g/mol. The van der Waals surface area contributed by atoms with Gasteiger partial charge < -0.3 is 4.57 Å². The smallest absolute Gasteiger partial charge is 0.0582 e. The zero-order valence-electron chi connectivity index (χ0n) is 12.7. The van der Waals surface area contributed by atoms with Crippen LogP contribution in [0.5, 0.6) is 0 Å². The first-order valence-corrected chi connectivity index (χ1v) is 7.90. The van der Waals surface area contributed by atoms with Crippen molar-refractivity contribution in [2.24, 2.45) is 11.8 Å². The summed E-state index contributed by atoms with van der Waals surface area (Å²) >= 11 is 0. The molecule has 0 bridgehead atoms. The van der Waals surface area contributed by atoms with E-state index in [4.69, 9.17) is 0 Å². The van der Waals surface area contributed by atoms with Crippen LogP contribution in [0.2, 0.25) is 0 Å². The zero-order chi connectivity index (χ0) is 14.4. The van der Waals surface area contributed by atoms with E-state index < -0.39 is 0 Å². The molecule has 0 saturated heterocycles. The van der Waals surface area contributed by atoms with E-state index >= 15 is 0 Å². The molecule has 1 aromatic carbocycles. The molecule has 4 rings (SSSR count). The van der Waals surface area contributed by atoms with E-state index in [-0.39, 0.29) is 0 Å². The number of nitrogens with zero attached hydrogens (tertiary/aromatic N) is 1. The van der Waals surface area contributed by atoms with E-state index in [1.807, 2.05) is 0 Å². The summed E-state index contributed by atoms with van der Waals surface area (Å²) in [5.74, 6) is 1.16. The van der Waals surface area contributed by atoms with Crippen molar-refractivity contribution in [3.8, 4) is 0 Å². The molecule has 2 aliphatic carbocycles. The van der Waals surface area contributed by atoms with Crippen LogP contribution in [-0.2, 0) is 6.42 Å². The number of hydrogen-bond donors (Lipinski definition) is 0. The lowest BCUT2D eigenvalue weighted by Gasteiger charge is -2.27. The summed E-state index contributed by atoms with van der Waals surface area (Å²) in [4.78, 5) is 0. The van der Waals surface area contributed by atoms with Crippen LogP contribution >= 0.6 is 0 Å². The molecule has 1 aromatic heterocycles. The maximum Gasteiger partial charge on any atom is 0.0582 e. The molecule has 3 atom stereocenters. The van der Waals surface area contributed by atoms with Crippen LogP contribution in [0.4, 0.5) is 0 Å². The first-order chi connectivity index (χ1) is 10.3. The number of allylic oxidation sites excluding steroid dienone is 5. The van der Waals surface area contributed by atoms with Crippen LogP contribution in [-0.4, -0.2) is 4.57 Å². The van der Waals surface area contributed by atoms with E-state index in [2.05, 4.69) is 79.1 Å². The Hall–Kier alpha value is -2.02. The summed E-state index contributed by atoms with van der Waals surface area (Å²) < 4.78 is 2.58. The summed E-state index contributed by atoms with van der Waals surface area (Å²) in [6.45, 7) is 4.62. The van der Waals surface area contributed by atoms with E-state index in [0.29, 0.717) is 17.9 Å². The third-order valence-electron chi connectivity index (χ3n) is 4.83. The van der Waals surface area contributed by atoms with Crippen molar-refractivity contribution in [1.82, 2.24) is 4.57 Å². The zero-order valence-corrected chi connectivity index (χ0v) is 12.7. The van der Waals surface area contributed by atoms with Gasteiger partial charge in [0.05, 0.1) is 6.04 Å². The van der Waals surface area contributed by atoms with Crippen LogP contribution in [0.1, 0.15) is 31.1 Å². The Morgan fingerprint density at radius 1 is 1.00 bits per heavy atom. The van der Waals surface area contributed by atoms with Gasteiger partial charge in [-0.05, 0) is 24.3 Å². The molecule has 0 amide bonds. The van der Waals surface area contributed by atoms with E-state index in [9.17, 15) is 0 Å². The largest absolute Gasteiger partial charge is 0.336 e. The first-order valence-electron chi connectivity index (χ1n) is 7.90. The van der Waals surface area contributed by atoms with Crippen molar-refractivity contribution in [3.63, 3.8) is 0 Å². The third-order valence-corrected chi connectivity index (χ3v) is 4.83. The van der Waals surface area contributed by atoms with Gasteiger partial charge in [-0.25, -0.2) is 0 Å². The lowest BCUT2D eigenvalue weighted by atomic mass is 9.93. The van der Waals surface area contributed by atoms with Crippen LogP contribution < -0.4 is 0 Å². The molecular formula is C20H21N. The van der Waals surface area contributed by atoms with Crippen molar-refractivity contribution in [1.29, 1.82) is 0 Å². The van der Waals surface area contributed by atoms with Crippen LogP contribution in [0.3, 0.4) is 0 Å². The molecule has 0 saturated carbocycles. The van der Waals surface area contributed by atoms with Crippen molar-refractivity contribution in [2.75, 3.05) is 0 Å². The van der Waals surface area contributed by atoms with Crippen LogP contribution in [0, 0.1) is 11.8 Å². The van der Waals surface area contributed by atoms with Gasteiger partial charge in [0.15, 0.2) is 0 Å². The fourth-order valence-electron chi connectivity index (χ4n) is 3.74. The Kier molecular flexibility index (Phi) is 2.88. The van der Waals surface area contributed by atoms with Gasteiger partial charge in [-0.2, -0.15) is 0 Å². The number of benzene rings is 1. The fourth-order valence-corrected chi connectivity index (χ4v) is 3.74.